The van der Waals surface area contributed by atoms with Crippen LogP contribution in [0.15, 0.2) is 0 Å². The van der Waals surface area contributed by atoms with Gasteiger partial charge >= 0.3 is 0 Å². The van der Waals surface area contributed by atoms with Crippen LogP contribution in [0.25, 0.3) is 0 Å². The maximum absolute atomic E-state index is 11.9. The molecule has 92 valence electrons. The Morgan fingerprint density at radius 3 is 2.38 bits per heavy atom. The summed E-state index contributed by atoms with van der Waals surface area (Å²) in [5.41, 5.74) is 0.138. The molecule has 1 saturated heterocycles. The Hall–Kier alpha value is -0.860. The molecule has 0 aromatic carbocycles. The third-order valence-electron chi connectivity index (χ3n) is 3.62. The van der Waals surface area contributed by atoms with Crippen LogP contribution < -0.4 is 0 Å². The molecule has 2 unspecified atom stereocenters. The Morgan fingerprint density at radius 1 is 1.50 bits per heavy atom. The number of rotatable bonds is 3. The van der Waals surface area contributed by atoms with Crippen LogP contribution in [0.5, 0.6) is 0 Å². The van der Waals surface area contributed by atoms with Crippen molar-refractivity contribution in [2.45, 2.75) is 53.5 Å². The van der Waals surface area contributed by atoms with Crippen LogP contribution in [0.3, 0.4) is 0 Å². The second kappa shape index (κ2) is 4.56. The van der Waals surface area contributed by atoms with Crippen LogP contribution in [-0.4, -0.2) is 29.2 Å². The monoisotopic (exact) mass is 225 g/mol. The summed E-state index contributed by atoms with van der Waals surface area (Å²) in [6.45, 7) is 10.7. The zero-order chi connectivity index (χ0) is 12.5. The lowest BCUT2D eigenvalue weighted by atomic mass is 9.80. The van der Waals surface area contributed by atoms with Crippen molar-refractivity contribution in [1.82, 2.24) is 4.90 Å². The van der Waals surface area contributed by atoms with E-state index in [9.17, 15) is 9.59 Å². The van der Waals surface area contributed by atoms with E-state index < -0.39 is 0 Å². The fourth-order valence-corrected chi connectivity index (χ4v) is 2.34. The smallest absolute Gasteiger partial charge is 0.223 e. The standard InChI is InChI=1S/C13H23NO2/c1-6-11(9(2)15)14-8-10(7-12(14)16)13(3,4)5/h10-11H,6-8H2,1-5H3. The Morgan fingerprint density at radius 2 is 2.06 bits per heavy atom. The van der Waals surface area contributed by atoms with Gasteiger partial charge in [0.25, 0.3) is 0 Å². The highest BCUT2D eigenvalue weighted by molar-refractivity contribution is 5.88. The molecule has 0 spiro atoms. The molecule has 1 amide bonds. The summed E-state index contributed by atoms with van der Waals surface area (Å²) >= 11 is 0. The number of hydrogen-bond acceptors (Lipinski definition) is 2. The van der Waals surface area contributed by atoms with Crippen LogP contribution in [0.1, 0.15) is 47.5 Å². The molecule has 0 aromatic rings. The fraction of sp³-hybridized carbons (Fsp3) is 0.846. The number of hydrogen-bond donors (Lipinski definition) is 0. The number of ketones is 1. The largest absolute Gasteiger partial charge is 0.332 e. The van der Waals surface area contributed by atoms with E-state index in [-0.39, 0.29) is 23.1 Å². The highest BCUT2D eigenvalue weighted by Crippen LogP contribution is 2.35. The molecular formula is C13H23NO2. The molecule has 0 aliphatic carbocycles. The first-order valence-corrected chi connectivity index (χ1v) is 6.07. The van der Waals surface area contributed by atoms with Gasteiger partial charge in [-0.25, -0.2) is 0 Å². The number of Topliss-reactive ketones (excluding diaryl/α,β-unsaturated/α-hetero) is 1. The number of likely N-dealkylation sites (tertiary alicyclic amines) is 1. The predicted octanol–water partition coefficient (Wildman–Crippen LogP) is 2.25. The predicted molar refractivity (Wildman–Crippen MR) is 64.0 cm³/mol. The molecule has 0 aromatic heterocycles. The molecule has 1 aliphatic heterocycles. The van der Waals surface area contributed by atoms with E-state index in [1.54, 1.807) is 11.8 Å². The SMILES string of the molecule is CCC(C(C)=O)N1CC(C(C)(C)C)CC1=O. The summed E-state index contributed by atoms with van der Waals surface area (Å²) in [7, 11) is 0. The topological polar surface area (TPSA) is 37.4 Å². The first-order valence-electron chi connectivity index (χ1n) is 6.07. The lowest BCUT2D eigenvalue weighted by molar-refractivity contribution is -0.135. The molecule has 1 fully saturated rings. The summed E-state index contributed by atoms with van der Waals surface area (Å²) in [4.78, 5) is 25.2. The minimum atomic E-state index is -0.208. The summed E-state index contributed by atoms with van der Waals surface area (Å²) in [5.74, 6) is 0.612. The third-order valence-corrected chi connectivity index (χ3v) is 3.62. The average Bonchev–Trinajstić information content (AvgIpc) is 2.48. The Kier molecular flexibility index (Phi) is 3.76. The summed E-state index contributed by atoms with van der Waals surface area (Å²) in [6.07, 6.45) is 1.31. The van der Waals surface area contributed by atoms with E-state index in [1.807, 2.05) is 6.92 Å². The zero-order valence-corrected chi connectivity index (χ0v) is 11.0. The third kappa shape index (κ3) is 2.63. The second-order valence-electron chi connectivity index (χ2n) is 5.85. The second-order valence-corrected chi connectivity index (χ2v) is 5.85. The minimum absolute atomic E-state index is 0.102. The summed E-state index contributed by atoms with van der Waals surface area (Å²) in [5, 5.41) is 0. The van der Waals surface area contributed by atoms with Gasteiger partial charge in [-0.1, -0.05) is 27.7 Å². The van der Waals surface area contributed by atoms with Crippen molar-refractivity contribution >= 4 is 11.7 Å². The first kappa shape index (κ1) is 13.2. The highest BCUT2D eigenvalue weighted by atomic mass is 16.2. The van der Waals surface area contributed by atoms with E-state index in [1.165, 1.54) is 0 Å². The fourth-order valence-electron chi connectivity index (χ4n) is 2.34. The van der Waals surface area contributed by atoms with Crippen molar-refractivity contribution in [3.8, 4) is 0 Å². The zero-order valence-electron chi connectivity index (χ0n) is 11.0. The van der Waals surface area contributed by atoms with Crippen molar-refractivity contribution in [3.63, 3.8) is 0 Å². The van der Waals surface area contributed by atoms with Gasteiger partial charge in [-0.05, 0) is 24.7 Å². The van der Waals surface area contributed by atoms with Crippen LogP contribution in [0, 0.1) is 11.3 Å². The number of carbonyl (C=O) groups is 2. The maximum atomic E-state index is 11.9. The lowest BCUT2D eigenvalue weighted by Gasteiger charge is -2.29. The van der Waals surface area contributed by atoms with Gasteiger partial charge in [0.2, 0.25) is 5.91 Å². The summed E-state index contributed by atoms with van der Waals surface area (Å²) < 4.78 is 0. The van der Waals surface area contributed by atoms with E-state index in [0.717, 1.165) is 13.0 Å². The summed E-state index contributed by atoms with van der Waals surface area (Å²) in [6, 6.07) is -0.208. The molecule has 1 aliphatic rings. The molecule has 3 nitrogen and oxygen atoms in total. The van der Waals surface area contributed by atoms with Crippen LogP contribution >= 0.6 is 0 Å². The molecule has 0 radical (unpaired) electrons. The lowest BCUT2D eigenvalue weighted by Crippen LogP contribution is -2.41. The molecule has 3 heteroatoms. The van der Waals surface area contributed by atoms with Crippen molar-refractivity contribution in [1.29, 1.82) is 0 Å². The normalized spacial score (nSPS) is 23.7. The van der Waals surface area contributed by atoms with Gasteiger partial charge in [0, 0.05) is 13.0 Å². The van der Waals surface area contributed by atoms with Gasteiger partial charge in [0.05, 0.1) is 6.04 Å². The first-order chi connectivity index (χ1) is 7.27. The highest BCUT2D eigenvalue weighted by Gasteiger charge is 2.40. The molecule has 1 heterocycles. The van der Waals surface area contributed by atoms with Crippen LogP contribution in [0.4, 0.5) is 0 Å². The number of nitrogens with zero attached hydrogens (tertiary/aromatic N) is 1. The van der Waals surface area contributed by atoms with Gasteiger partial charge in [0.15, 0.2) is 5.78 Å². The van der Waals surface area contributed by atoms with Crippen molar-refractivity contribution in [3.05, 3.63) is 0 Å². The Bertz CT molecular complexity index is 291. The molecular weight excluding hydrogens is 202 g/mol. The molecule has 16 heavy (non-hydrogen) atoms. The number of carbonyl (C=O) groups excluding carboxylic acids is 2. The Balaban J connectivity index is 2.78. The van der Waals surface area contributed by atoms with Crippen molar-refractivity contribution < 1.29 is 9.59 Å². The molecule has 0 saturated carbocycles. The van der Waals surface area contributed by atoms with Gasteiger partial charge in [-0.2, -0.15) is 0 Å². The molecule has 2 atom stereocenters. The molecule has 0 N–H and O–H groups in total. The van der Waals surface area contributed by atoms with E-state index >= 15 is 0 Å². The Labute approximate surface area is 98.2 Å². The molecule has 1 rings (SSSR count). The number of amides is 1. The van der Waals surface area contributed by atoms with Crippen molar-refractivity contribution in [2.75, 3.05) is 6.54 Å². The van der Waals surface area contributed by atoms with Crippen molar-refractivity contribution in [2.24, 2.45) is 11.3 Å². The minimum Gasteiger partial charge on any atom is -0.332 e. The van der Waals surface area contributed by atoms with E-state index in [2.05, 4.69) is 20.8 Å². The maximum Gasteiger partial charge on any atom is 0.223 e. The van der Waals surface area contributed by atoms with Gasteiger partial charge in [-0.15, -0.1) is 0 Å². The molecule has 0 bridgehead atoms. The van der Waals surface area contributed by atoms with Gasteiger partial charge in [0.1, 0.15) is 0 Å². The van der Waals surface area contributed by atoms with Gasteiger partial charge in [-0.3, -0.25) is 9.59 Å². The van der Waals surface area contributed by atoms with Crippen LogP contribution in [-0.2, 0) is 9.59 Å². The quantitative estimate of drug-likeness (QED) is 0.738. The van der Waals surface area contributed by atoms with Gasteiger partial charge < -0.3 is 4.90 Å². The van der Waals surface area contributed by atoms with E-state index in [0.29, 0.717) is 12.3 Å². The van der Waals surface area contributed by atoms with E-state index in [4.69, 9.17) is 0 Å². The average molecular weight is 225 g/mol. The van der Waals surface area contributed by atoms with Crippen LogP contribution in [0.2, 0.25) is 0 Å².